The van der Waals surface area contributed by atoms with Crippen molar-refractivity contribution in [3.8, 4) is 0 Å². The summed E-state index contributed by atoms with van der Waals surface area (Å²) < 4.78 is 11.6. The van der Waals surface area contributed by atoms with Gasteiger partial charge in [0, 0.05) is 6.42 Å². The lowest BCUT2D eigenvalue weighted by Crippen LogP contribution is -2.65. The molecule has 0 heterocycles. The van der Waals surface area contributed by atoms with Crippen LogP contribution in [0.1, 0.15) is 47.0 Å². The van der Waals surface area contributed by atoms with Crippen LogP contribution in [-0.4, -0.2) is 60.6 Å². The molecular weight excluding hydrogens is 352 g/mol. The summed E-state index contributed by atoms with van der Waals surface area (Å²) in [5, 5.41) is 32.2. The summed E-state index contributed by atoms with van der Waals surface area (Å²) in [6.07, 6.45) is -0.403. The van der Waals surface area contributed by atoms with Crippen molar-refractivity contribution in [2.45, 2.75) is 89.0 Å². The Morgan fingerprint density at radius 1 is 1.31 bits per heavy atom. The van der Waals surface area contributed by atoms with Gasteiger partial charge in [-0.15, -0.1) is 0 Å². The van der Waals surface area contributed by atoms with Crippen LogP contribution in [0.15, 0.2) is 11.6 Å². The van der Waals surface area contributed by atoms with Crippen LogP contribution in [-0.2, 0) is 14.0 Å². The highest BCUT2D eigenvalue weighted by molar-refractivity contribution is 6.74. The van der Waals surface area contributed by atoms with E-state index in [0.717, 1.165) is 0 Å². The number of aliphatic hydroxyl groups excluding tert-OH is 2. The van der Waals surface area contributed by atoms with E-state index in [4.69, 9.17) is 9.16 Å². The Morgan fingerprint density at radius 2 is 1.88 bits per heavy atom. The quantitative estimate of drug-likeness (QED) is 0.391. The van der Waals surface area contributed by atoms with Gasteiger partial charge < -0.3 is 24.5 Å². The minimum atomic E-state index is -2.32. The molecule has 0 aromatic heterocycles. The number of rotatable bonds is 3. The fourth-order valence-corrected chi connectivity index (χ4v) is 5.34. The van der Waals surface area contributed by atoms with E-state index in [1.807, 2.05) is 0 Å². The van der Waals surface area contributed by atoms with E-state index in [9.17, 15) is 20.1 Å². The molecule has 5 atom stereocenters. The molecule has 7 heteroatoms. The van der Waals surface area contributed by atoms with E-state index in [1.54, 1.807) is 6.92 Å². The van der Waals surface area contributed by atoms with E-state index in [-0.39, 0.29) is 17.9 Å². The lowest BCUT2D eigenvalue weighted by atomic mass is 9.56. The van der Waals surface area contributed by atoms with Gasteiger partial charge in [0.2, 0.25) is 0 Å². The number of carbonyl (C=O) groups excluding carboxylic acids is 1. The van der Waals surface area contributed by atoms with Crippen LogP contribution in [0.2, 0.25) is 18.1 Å². The number of hydrogen-bond acceptors (Lipinski definition) is 6. The van der Waals surface area contributed by atoms with Gasteiger partial charge in [0.1, 0.15) is 5.41 Å². The van der Waals surface area contributed by atoms with E-state index in [1.165, 1.54) is 13.2 Å². The first-order valence-electron chi connectivity index (χ1n) is 9.27. The molecule has 0 aromatic rings. The van der Waals surface area contributed by atoms with Gasteiger partial charge >= 0.3 is 5.97 Å². The number of esters is 1. The maximum atomic E-state index is 13.0. The molecule has 2 rings (SSSR count). The van der Waals surface area contributed by atoms with E-state index >= 15 is 0 Å². The normalized spacial score (nSPS) is 38.4. The van der Waals surface area contributed by atoms with Crippen LogP contribution in [0.25, 0.3) is 0 Å². The van der Waals surface area contributed by atoms with Crippen LogP contribution in [0, 0.1) is 5.41 Å². The zero-order valence-electron chi connectivity index (χ0n) is 17.0. The van der Waals surface area contributed by atoms with Crippen molar-refractivity contribution in [3.05, 3.63) is 11.6 Å². The van der Waals surface area contributed by atoms with Crippen molar-refractivity contribution in [1.82, 2.24) is 0 Å². The largest absolute Gasteiger partial charge is 0.468 e. The van der Waals surface area contributed by atoms with Gasteiger partial charge in [-0.2, -0.15) is 0 Å². The maximum Gasteiger partial charge on any atom is 0.321 e. The van der Waals surface area contributed by atoms with Gasteiger partial charge in [-0.1, -0.05) is 26.8 Å². The molecule has 1 saturated carbocycles. The van der Waals surface area contributed by atoms with Gasteiger partial charge in [-0.05, 0) is 43.5 Å². The Hall–Kier alpha value is -0.733. The minimum absolute atomic E-state index is 0.112. The van der Waals surface area contributed by atoms with Crippen molar-refractivity contribution in [2.24, 2.45) is 5.41 Å². The first-order chi connectivity index (χ1) is 11.7. The number of aliphatic hydroxyl groups is 3. The van der Waals surface area contributed by atoms with Crippen LogP contribution in [0.4, 0.5) is 0 Å². The van der Waals surface area contributed by atoms with Crippen LogP contribution < -0.4 is 0 Å². The van der Waals surface area contributed by atoms with Gasteiger partial charge in [0.25, 0.3) is 0 Å². The molecule has 6 nitrogen and oxygen atoms in total. The predicted molar refractivity (Wildman–Crippen MR) is 101 cm³/mol. The van der Waals surface area contributed by atoms with Crippen molar-refractivity contribution in [2.75, 3.05) is 7.11 Å². The molecule has 2 aliphatic rings. The molecule has 0 aromatic carbocycles. The first kappa shape index (κ1) is 21.6. The van der Waals surface area contributed by atoms with Crippen LogP contribution >= 0.6 is 0 Å². The van der Waals surface area contributed by atoms with Crippen molar-refractivity contribution in [1.29, 1.82) is 0 Å². The highest BCUT2D eigenvalue weighted by atomic mass is 28.4. The van der Waals surface area contributed by atoms with Crippen molar-refractivity contribution < 1.29 is 29.3 Å². The van der Waals surface area contributed by atoms with Crippen LogP contribution in [0.3, 0.4) is 0 Å². The Labute approximate surface area is 157 Å². The molecule has 0 amide bonds. The fourth-order valence-electron chi connectivity index (χ4n) is 4.00. The first-order valence-corrected chi connectivity index (χ1v) is 12.2. The third-order valence-electron chi connectivity index (χ3n) is 6.54. The number of carbonyl (C=O) groups is 1. The fraction of sp³-hybridized carbons (Fsp3) is 0.842. The highest BCUT2D eigenvalue weighted by Crippen LogP contribution is 2.55. The monoisotopic (exact) mass is 386 g/mol. The molecule has 0 spiro atoms. The summed E-state index contributed by atoms with van der Waals surface area (Å²) >= 11 is 0. The number of hydrogen-bond donors (Lipinski definition) is 3. The summed E-state index contributed by atoms with van der Waals surface area (Å²) in [5.41, 5.74) is -2.49. The SMILES string of the molecule is COC(=O)[C@@]12C(=C[C@H](O)C[C@H]1O[Si](C)(C)C(C)(C)C)[C@@](C)(O)CC[C@@H]2O. The molecule has 0 radical (unpaired) electrons. The second kappa shape index (κ2) is 6.70. The molecule has 3 N–H and O–H groups in total. The third-order valence-corrected chi connectivity index (χ3v) is 11.0. The molecule has 26 heavy (non-hydrogen) atoms. The summed E-state index contributed by atoms with van der Waals surface area (Å²) in [6.45, 7) is 12.0. The third kappa shape index (κ3) is 3.28. The van der Waals surface area contributed by atoms with E-state index < -0.39 is 43.6 Å². The Morgan fingerprint density at radius 3 is 2.38 bits per heavy atom. The minimum Gasteiger partial charge on any atom is -0.468 e. The summed E-state index contributed by atoms with van der Waals surface area (Å²) in [6, 6.07) is 0. The number of ether oxygens (including phenoxy) is 1. The maximum absolute atomic E-state index is 13.0. The average molecular weight is 387 g/mol. The summed E-state index contributed by atoms with van der Waals surface area (Å²) in [5.74, 6) is -0.619. The summed E-state index contributed by atoms with van der Waals surface area (Å²) in [4.78, 5) is 13.0. The molecular formula is C19H34O6Si. The van der Waals surface area contributed by atoms with Crippen molar-refractivity contribution >= 4 is 14.3 Å². The second-order valence-corrected chi connectivity index (χ2v) is 14.2. The highest BCUT2D eigenvalue weighted by Gasteiger charge is 2.64. The average Bonchev–Trinajstić information content (AvgIpc) is 2.49. The van der Waals surface area contributed by atoms with Crippen molar-refractivity contribution in [3.63, 3.8) is 0 Å². The molecule has 0 aliphatic heterocycles. The zero-order valence-corrected chi connectivity index (χ0v) is 18.0. The standard InChI is InChI=1S/C19H34O6Si/c1-17(2,3)26(6,7)25-15-11-12(20)10-13-18(4,23)9-8-14(21)19(13,15)16(22)24-5/h10,12,14-15,20-21,23H,8-9,11H2,1-7H3/t12-,14-,15+,18-,19+/m0/s1. The van der Waals surface area contributed by atoms with Gasteiger partial charge in [-0.25, -0.2) is 0 Å². The van der Waals surface area contributed by atoms with Gasteiger partial charge in [0.05, 0.1) is 31.0 Å². The molecule has 2 aliphatic carbocycles. The summed E-state index contributed by atoms with van der Waals surface area (Å²) in [7, 11) is -1.04. The Balaban J connectivity index is 2.64. The smallest absolute Gasteiger partial charge is 0.321 e. The Kier molecular flexibility index (Phi) is 5.56. The predicted octanol–water partition coefficient (Wildman–Crippen LogP) is 2.13. The lowest BCUT2D eigenvalue weighted by Gasteiger charge is -2.55. The van der Waals surface area contributed by atoms with Gasteiger partial charge in [-0.3, -0.25) is 4.79 Å². The molecule has 150 valence electrons. The molecule has 1 fully saturated rings. The van der Waals surface area contributed by atoms with E-state index in [2.05, 4.69) is 33.9 Å². The lowest BCUT2D eigenvalue weighted by molar-refractivity contribution is -0.179. The zero-order chi connectivity index (χ0) is 20.1. The topological polar surface area (TPSA) is 96.2 Å². The molecule has 0 bridgehead atoms. The second-order valence-electron chi connectivity index (χ2n) is 9.44. The number of methoxy groups -OCH3 is 1. The molecule has 0 saturated heterocycles. The number of fused-ring (bicyclic) bond motifs is 1. The van der Waals surface area contributed by atoms with E-state index in [0.29, 0.717) is 12.0 Å². The Bertz CT molecular complexity index is 591. The molecule has 0 unspecified atom stereocenters. The van der Waals surface area contributed by atoms with Crippen LogP contribution in [0.5, 0.6) is 0 Å². The van der Waals surface area contributed by atoms with Gasteiger partial charge in [0.15, 0.2) is 8.32 Å².